The van der Waals surface area contributed by atoms with Crippen molar-refractivity contribution >= 4 is 5.71 Å². The van der Waals surface area contributed by atoms with Crippen LogP contribution in [0.2, 0.25) is 0 Å². The Kier molecular flexibility index (Phi) is 2.68. The van der Waals surface area contributed by atoms with Crippen LogP contribution in [-0.4, -0.2) is 15.5 Å². The van der Waals surface area contributed by atoms with E-state index in [9.17, 15) is 0 Å². The Labute approximate surface area is 87.7 Å². The standard InChI is InChI=1S/C12H9N3/c13-15-12(10-6-2-1-3-7-10)11-8-4-5-9-14-11/h1-9H. The number of nitrogens with zero attached hydrogens (tertiary/aromatic N) is 3. The van der Waals surface area contributed by atoms with E-state index >= 15 is 0 Å². The first-order valence-corrected chi connectivity index (χ1v) is 4.60. The fourth-order valence-electron chi connectivity index (χ4n) is 1.36. The summed E-state index contributed by atoms with van der Waals surface area (Å²) in [4.78, 5) is 7.42. The van der Waals surface area contributed by atoms with E-state index in [1.165, 1.54) is 0 Å². The summed E-state index contributed by atoms with van der Waals surface area (Å²) >= 11 is 0. The van der Waals surface area contributed by atoms with Crippen molar-refractivity contribution in [3.8, 4) is 0 Å². The van der Waals surface area contributed by atoms with Crippen LogP contribution in [0.15, 0.2) is 54.7 Å². The monoisotopic (exact) mass is 195 g/mol. The SMILES string of the molecule is [N-]=[N+]=C(c1ccccc1)c1ccccn1. The first-order chi connectivity index (χ1) is 7.42. The van der Waals surface area contributed by atoms with Crippen molar-refractivity contribution in [3.05, 3.63) is 71.5 Å². The Morgan fingerprint density at radius 3 is 2.33 bits per heavy atom. The zero-order valence-electron chi connectivity index (χ0n) is 8.04. The molecule has 2 rings (SSSR count). The summed E-state index contributed by atoms with van der Waals surface area (Å²) in [6, 6.07) is 14.9. The largest absolute Gasteiger partial charge is 0.361 e. The molecular weight excluding hydrogens is 186 g/mol. The predicted octanol–water partition coefficient (Wildman–Crippen LogP) is 2.15. The van der Waals surface area contributed by atoms with Crippen molar-refractivity contribution in [2.45, 2.75) is 0 Å². The van der Waals surface area contributed by atoms with E-state index in [-0.39, 0.29) is 0 Å². The van der Waals surface area contributed by atoms with Gasteiger partial charge in [-0.2, -0.15) is 4.79 Å². The van der Waals surface area contributed by atoms with Gasteiger partial charge >= 0.3 is 5.71 Å². The van der Waals surface area contributed by atoms with Gasteiger partial charge in [0.2, 0.25) is 0 Å². The molecule has 0 fully saturated rings. The molecule has 3 heteroatoms. The van der Waals surface area contributed by atoms with Crippen molar-refractivity contribution in [2.75, 3.05) is 0 Å². The molecule has 15 heavy (non-hydrogen) atoms. The van der Waals surface area contributed by atoms with Gasteiger partial charge in [-0.3, -0.25) is 0 Å². The van der Waals surface area contributed by atoms with Crippen LogP contribution in [0.1, 0.15) is 11.3 Å². The highest BCUT2D eigenvalue weighted by Crippen LogP contribution is 2.05. The summed E-state index contributed by atoms with van der Waals surface area (Å²) in [6.07, 6.45) is 1.67. The Hall–Kier alpha value is -2.25. The lowest BCUT2D eigenvalue weighted by Gasteiger charge is -1.94. The second-order valence-electron chi connectivity index (χ2n) is 3.03. The van der Waals surface area contributed by atoms with Crippen LogP contribution in [0.4, 0.5) is 0 Å². The number of rotatable bonds is 2. The van der Waals surface area contributed by atoms with Crippen molar-refractivity contribution in [1.82, 2.24) is 4.98 Å². The number of aromatic nitrogens is 1. The molecule has 1 heterocycles. The second kappa shape index (κ2) is 4.31. The first-order valence-electron chi connectivity index (χ1n) is 4.60. The smallest absolute Gasteiger partial charge is 0.347 e. The number of hydrogen-bond donors (Lipinski definition) is 0. The molecule has 0 saturated carbocycles. The highest BCUT2D eigenvalue weighted by atomic mass is 14.9. The molecule has 0 unspecified atom stereocenters. The maximum absolute atomic E-state index is 8.98. The molecule has 1 aromatic heterocycles. The van der Waals surface area contributed by atoms with Gasteiger partial charge in [0.25, 0.3) is 0 Å². The molecule has 0 radical (unpaired) electrons. The maximum Gasteiger partial charge on any atom is 0.347 e. The fraction of sp³-hybridized carbons (Fsp3) is 0. The minimum absolute atomic E-state index is 0.483. The molecular formula is C12H9N3. The predicted molar refractivity (Wildman–Crippen MR) is 57.5 cm³/mol. The highest BCUT2D eigenvalue weighted by Gasteiger charge is 2.14. The van der Waals surface area contributed by atoms with Crippen LogP contribution < -0.4 is 0 Å². The van der Waals surface area contributed by atoms with E-state index < -0.39 is 0 Å². The van der Waals surface area contributed by atoms with Gasteiger partial charge in [0.1, 0.15) is 0 Å². The van der Waals surface area contributed by atoms with Crippen molar-refractivity contribution in [1.29, 1.82) is 0 Å². The summed E-state index contributed by atoms with van der Waals surface area (Å²) in [5.74, 6) is 0. The molecule has 72 valence electrons. The van der Waals surface area contributed by atoms with Crippen LogP contribution >= 0.6 is 0 Å². The van der Waals surface area contributed by atoms with Gasteiger partial charge in [0, 0.05) is 6.20 Å². The zero-order valence-corrected chi connectivity index (χ0v) is 8.04. The maximum atomic E-state index is 8.98. The van der Waals surface area contributed by atoms with Crippen molar-refractivity contribution < 1.29 is 4.79 Å². The molecule has 0 spiro atoms. The minimum atomic E-state index is 0.483. The van der Waals surface area contributed by atoms with E-state index in [4.69, 9.17) is 5.53 Å². The van der Waals surface area contributed by atoms with Gasteiger partial charge in [0.05, 0.1) is 5.56 Å². The minimum Gasteiger partial charge on any atom is -0.361 e. The molecule has 2 aromatic rings. The number of hydrogen-bond acceptors (Lipinski definition) is 1. The highest BCUT2D eigenvalue weighted by molar-refractivity contribution is 6.07. The average Bonchev–Trinajstić information content (AvgIpc) is 2.33. The van der Waals surface area contributed by atoms with Crippen LogP contribution in [0, 0.1) is 0 Å². The van der Waals surface area contributed by atoms with Crippen LogP contribution in [0.3, 0.4) is 0 Å². The van der Waals surface area contributed by atoms with E-state index in [2.05, 4.69) is 9.77 Å². The lowest BCUT2D eigenvalue weighted by atomic mass is 10.1. The average molecular weight is 195 g/mol. The first kappa shape index (κ1) is 9.31. The Balaban J connectivity index is 2.48. The van der Waals surface area contributed by atoms with Crippen molar-refractivity contribution in [2.24, 2.45) is 0 Å². The van der Waals surface area contributed by atoms with E-state index in [1.54, 1.807) is 6.20 Å². The zero-order chi connectivity index (χ0) is 10.5. The third-order valence-corrected chi connectivity index (χ3v) is 2.05. The lowest BCUT2D eigenvalue weighted by Crippen LogP contribution is -2.06. The molecule has 0 aliphatic carbocycles. The quantitative estimate of drug-likeness (QED) is 0.411. The molecule has 0 saturated heterocycles. The van der Waals surface area contributed by atoms with Gasteiger partial charge < -0.3 is 5.53 Å². The summed E-state index contributed by atoms with van der Waals surface area (Å²) in [5, 5.41) is 0. The van der Waals surface area contributed by atoms with Gasteiger partial charge in [0.15, 0.2) is 5.69 Å². The van der Waals surface area contributed by atoms with E-state index in [0.29, 0.717) is 11.4 Å². The molecule has 0 aliphatic heterocycles. The molecule has 1 aromatic carbocycles. The molecule has 0 aliphatic rings. The van der Waals surface area contributed by atoms with Crippen LogP contribution in [0.5, 0.6) is 0 Å². The Morgan fingerprint density at radius 2 is 1.73 bits per heavy atom. The van der Waals surface area contributed by atoms with Crippen LogP contribution in [-0.2, 0) is 0 Å². The molecule has 0 amide bonds. The normalized spacial score (nSPS) is 9.33. The third kappa shape index (κ3) is 1.98. The van der Waals surface area contributed by atoms with Gasteiger partial charge in [-0.05, 0) is 24.3 Å². The summed E-state index contributed by atoms with van der Waals surface area (Å²) in [7, 11) is 0. The molecule has 0 atom stereocenters. The summed E-state index contributed by atoms with van der Waals surface area (Å²) < 4.78 is 0. The van der Waals surface area contributed by atoms with Crippen molar-refractivity contribution in [3.63, 3.8) is 0 Å². The van der Waals surface area contributed by atoms with Gasteiger partial charge in [-0.25, -0.2) is 4.98 Å². The van der Waals surface area contributed by atoms with Gasteiger partial charge in [-0.1, -0.05) is 24.3 Å². The lowest BCUT2D eigenvalue weighted by molar-refractivity contribution is -0.00312. The molecule has 3 nitrogen and oxygen atoms in total. The second-order valence-corrected chi connectivity index (χ2v) is 3.03. The Morgan fingerprint density at radius 1 is 1.00 bits per heavy atom. The van der Waals surface area contributed by atoms with Crippen LogP contribution in [0.25, 0.3) is 5.53 Å². The fourth-order valence-corrected chi connectivity index (χ4v) is 1.36. The third-order valence-electron chi connectivity index (χ3n) is 2.05. The van der Waals surface area contributed by atoms with Gasteiger partial charge in [-0.15, -0.1) is 0 Å². The summed E-state index contributed by atoms with van der Waals surface area (Å²) in [5.41, 5.74) is 11.0. The molecule has 0 bridgehead atoms. The topological polar surface area (TPSA) is 49.3 Å². The van der Waals surface area contributed by atoms with E-state index in [1.807, 2.05) is 48.5 Å². The number of benzene rings is 1. The molecule has 0 N–H and O–H groups in total. The Bertz CT molecular complexity index is 443. The number of pyridine rings is 1. The van der Waals surface area contributed by atoms with E-state index in [0.717, 1.165) is 5.56 Å². The summed E-state index contributed by atoms with van der Waals surface area (Å²) in [6.45, 7) is 0.